The summed E-state index contributed by atoms with van der Waals surface area (Å²) in [5.74, 6) is -2.02. The number of nitrogens with two attached hydrogens (primary N) is 1. The first kappa shape index (κ1) is 24.1. The zero-order chi connectivity index (χ0) is 25.0. The molecule has 0 fully saturated rings. The second-order valence-corrected chi connectivity index (χ2v) is 8.63. The molecule has 1 amide bonds. The van der Waals surface area contributed by atoms with Crippen molar-refractivity contribution >= 4 is 39.2 Å². The van der Waals surface area contributed by atoms with Crippen LogP contribution in [-0.4, -0.2) is 37.3 Å². The number of amides is 1. The van der Waals surface area contributed by atoms with Crippen molar-refractivity contribution in [1.29, 1.82) is 5.41 Å². The molecule has 12 heteroatoms. The molecule has 34 heavy (non-hydrogen) atoms. The number of carbonyl (C=O) groups excluding carboxylic acids is 2. The number of hydrogen-bond acceptors (Lipinski definition) is 8. The molecule has 0 atom stereocenters. The van der Waals surface area contributed by atoms with Gasteiger partial charge in [0.15, 0.2) is 0 Å². The summed E-state index contributed by atoms with van der Waals surface area (Å²) in [7, 11) is -4.20. The lowest BCUT2D eigenvalue weighted by Crippen LogP contribution is -2.16. The number of nitrogens with one attached hydrogen (secondary N) is 2. The van der Waals surface area contributed by atoms with Gasteiger partial charge in [0, 0.05) is 28.9 Å². The van der Waals surface area contributed by atoms with E-state index in [1.165, 1.54) is 18.2 Å². The Morgan fingerprint density at radius 1 is 1.00 bits per heavy atom. The molecular weight excluding hydrogens is 464 g/mol. The summed E-state index contributed by atoms with van der Waals surface area (Å²) < 4.78 is 27.4. The van der Waals surface area contributed by atoms with Crippen LogP contribution in [0.3, 0.4) is 0 Å². The van der Waals surface area contributed by atoms with Gasteiger partial charge in [-0.3, -0.25) is 20.3 Å². The number of nitro benzene ring substituents is 1. The van der Waals surface area contributed by atoms with Crippen LogP contribution in [0.25, 0.3) is 11.1 Å². The Bertz CT molecular complexity index is 1420. The van der Waals surface area contributed by atoms with Gasteiger partial charge in [-0.15, -0.1) is 0 Å². The van der Waals surface area contributed by atoms with Crippen LogP contribution in [-0.2, 0) is 14.3 Å². The highest BCUT2D eigenvalue weighted by molar-refractivity contribution is 7.86. The Morgan fingerprint density at radius 3 is 2.21 bits per heavy atom. The lowest BCUT2D eigenvalue weighted by molar-refractivity contribution is -0.384. The van der Waals surface area contributed by atoms with Crippen molar-refractivity contribution in [2.75, 3.05) is 11.6 Å². The van der Waals surface area contributed by atoms with Crippen molar-refractivity contribution in [1.82, 2.24) is 0 Å². The first-order valence-electron chi connectivity index (χ1n) is 9.53. The number of non-ortho nitro benzene ring substituents is 1. The standard InChI is InChI=1S/C22H18N4O7S/c1-34(31,32)33-22(28)19-12-15(26(29)30)10-11-17(19)16-4-2-3-5-18(16)21(27)25-14-8-6-13(7-9-14)20(23)24/h2-12H,1H3,(H3,23,24)(H,25,27). The average molecular weight is 482 g/mol. The fourth-order valence-corrected chi connectivity index (χ4v) is 3.44. The van der Waals surface area contributed by atoms with Crippen molar-refractivity contribution in [3.63, 3.8) is 0 Å². The third-order valence-electron chi connectivity index (χ3n) is 4.58. The Kier molecular flexibility index (Phi) is 6.73. The van der Waals surface area contributed by atoms with Crippen LogP contribution in [0.5, 0.6) is 0 Å². The van der Waals surface area contributed by atoms with Crippen LogP contribution < -0.4 is 11.1 Å². The lowest BCUT2D eigenvalue weighted by Gasteiger charge is -2.13. The van der Waals surface area contributed by atoms with Crippen molar-refractivity contribution < 1.29 is 27.1 Å². The summed E-state index contributed by atoms with van der Waals surface area (Å²) in [5, 5.41) is 21.3. The number of anilines is 1. The van der Waals surface area contributed by atoms with Crippen LogP contribution in [0.4, 0.5) is 11.4 Å². The number of rotatable bonds is 7. The summed E-state index contributed by atoms with van der Waals surface area (Å²) in [4.78, 5) is 36.0. The van der Waals surface area contributed by atoms with Gasteiger partial charge >= 0.3 is 16.1 Å². The largest absolute Gasteiger partial charge is 0.384 e. The maximum Gasteiger partial charge on any atom is 0.354 e. The van der Waals surface area contributed by atoms with E-state index in [2.05, 4.69) is 9.50 Å². The Labute approximate surface area is 194 Å². The quantitative estimate of drug-likeness (QED) is 0.151. The van der Waals surface area contributed by atoms with E-state index in [0.29, 0.717) is 17.5 Å². The monoisotopic (exact) mass is 482 g/mol. The van der Waals surface area contributed by atoms with E-state index in [0.717, 1.165) is 12.1 Å². The molecule has 0 spiro atoms. The molecule has 0 aliphatic carbocycles. The third kappa shape index (κ3) is 5.61. The first-order valence-corrected chi connectivity index (χ1v) is 11.4. The molecule has 11 nitrogen and oxygen atoms in total. The smallest absolute Gasteiger partial charge is 0.354 e. The molecule has 174 valence electrons. The van der Waals surface area contributed by atoms with Gasteiger partial charge in [0.1, 0.15) is 5.84 Å². The molecule has 0 aromatic heterocycles. The molecule has 3 aromatic carbocycles. The Morgan fingerprint density at radius 2 is 1.62 bits per heavy atom. The normalized spacial score (nSPS) is 10.9. The zero-order valence-electron chi connectivity index (χ0n) is 17.6. The second-order valence-electron chi connectivity index (χ2n) is 7.05. The van der Waals surface area contributed by atoms with E-state index in [1.54, 1.807) is 36.4 Å². The van der Waals surface area contributed by atoms with Gasteiger partial charge in [-0.05, 0) is 47.5 Å². The van der Waals surface area contributed by atoms with Crippen LogP contribution in [0.15, 0.2) is 66.7 Å². The molecule has 0 unspecified atom stereocenters. The van der Waals surface area contributed by atoms with Gasteiger partial charge < -0.3 is 15.2 Å². The number of nitrogen functional groups attached to an aromatic ring is 1. The predicted octanol–water partition coefficient (Wildman–Crippen LogP) is 2.91. The molecule has 0 bridgehead atoms. The summed E-state index contributed by atoms with van der Waals surface area (Å²) in [5.41, 5.74) is 5.84. The molecule has 0 saturated carbocycles. The Balaban J connectivity index is 2.05. The molecule has 0 aliphatic rings. The highest BCUT2D eigenvalue weighted by Gasteiger charge is 2.24. The molecule has 0 aliphatic heterocycles. The van der Waals surface area contributed by atoms with E-state index < -0.39 is 38.2 Å². The fourth-order valence-electron chi connectivity index (χ4n) is 3.08. The van der Waals surface area contributed by atoms with Crippen LogP contribution in [0.2, 0.25) is 0 Å². The number of nitrogens with zero attached hydrogens (tertiary/aromatic N) is 1. The molecule has 3 aromatic rings. The highest BCUT2D eigenvalue weighted by atomic mass is 32.2. The summed E-state index contributed by atoms with van der Waals surface area (Å²) >= 11 is 0. The average Bonchev–Trinajstić information content (AvgIpc) is 2.77. The van der Waals surface area contributed by atoms with Crippen LogP contribution in [0, 0.1) is 15.5 Å². The minimum atomic E-state index is -4.20. The minimum Gasteiger partial charge on any atom is -0.384 e. The highest BCUT2D eigenvalue weighted by Crippen LogP contribution is 2.31. The topological polar surface area (TPSA) is 183 Å². The number of hydrogen-bond donors (Lipinski definition) is 3. The summed E-state index contributed by atoms with van der Waals surface area (Å²) in [6.07, 6.45) is 0.667. The van der Waals surface area contributed by atoms with Crippen LogP contribution in [0.1, 0.15) is 26.3 Å². The SMILES string of the molecule is CS(=O)(=O)OC(=O)c1cc([N+](=O)[O-])ccc1-c1ccccc1C(=O)Nc1ccc(C(=N)N)cc1. The van der Waals surface area contributed by atoms with Gasteiger partial charge in [-0.25, -0.2) is 4.79 Å². The fraction of sp³-hybridized carbons (Fsp3) is 0.0455. The van der Waals surface area contributed by atoms with Crippen molar-refractivity contribution in [3.8, 4) is 11.1 Å². The third-order valence-corrected chi connectivity index (χ3v) is 5.03. The number of nitro groups is 1. The maximum atomic E-state index is 13.0. The predicted molar refractivity (Wildman–Crippen MR) is 124 cm³/mol. The number of benzene rings is 3. The van der Waals surface area contributed by atoms with Crippen molar-refractivity contribution in [3.05, 3.63) is 93.5 Å². The Hall–Kier alpha value is -4.58. The molecule has 0 radical (unpaired) electrons. The maximum absolute atomic E-state index is 13.0. The zero-order valence-corrected chi connectivity index (χ0v) is 18.5. The number of carbonyl (C=O) groups is 2. The lowest BCUT2D eigenvalue weighted by atomic mass is 9.94. The molecule has 0 heterocycles. The van der Waals surface area contributed by atoms with Gasteiger partial charge in [0.05, 0.1) is 16.7 Å². The summed E-state index contributed by atoms with van der Waals surface area (Å²) in [6.45, 7) is 0. The van der Waals surface area contributed by atoms with E-state index in [-0.39, 0.29) is 22.5 Å². The summed E-state index contributed by atoms with van der Waals surface area (Å²) in [6, 6.07) is 15.6. The molecular formula is C22H18N4O7S. The van der Waals surface area contributed by atoms with Gasteiger partial charge in [-0.1, -0.05) is 18.2 Å². The second kappa shape index (κ2) is 9.50. The van der Waals surface area contributed by atoms with E-state index in [1.807, 2.05) is 0 Å². The van der Waals surface area contributed by atoms with Gasteiger partial charge in [0.25, 0.3) is 11.6 Å². The molecule has 4 N–H and O–H groups in total. The van der Waals surface area contributed by atoms with Crippen molar-refractivity contribution in [2.24, 2.45) is 5.73 Å². The van der Waals surface area contributed by atoms with Crippen LogP contribution >= 0.6 is 0 Å². The van der Waals surface area contributed by atoms with E-state index >= 15 is 0 Å². The van der Waals surface area contributed by atoms with Gasteiger partial charge in [0.2, 0.25) is 0 Å². The minimum absolute atomic E-state index is 0.0666. The van der Waals surface area contributed by atoms with E-state index in [4.69, 9.17) is 11.1 Å². The van der Waals surface area contributed by atoms with Gasteiger partial charge in [-0.2, -0.15) is 8.42 Å². The number of amidine groups is 1. The van der Waals surface area contributed by atoms with Crippen molar-refractivity contribution in [2.45, 2.75) is 0 Å². The van der Waals surface area contributed by atoms with E-state index in [9.17, 15) is 28.1 Å². The first-order chi connectivity index (χ1) is 16.0. The molecule has 0 saturated heterocycles. The molecule has 3 rings (SSSR count).